The van der Waals surface area contributed by atoms with Crippen LogP contribution in [0, 0.1) is 5.92 Å². The number of allylic oxidation sites excluding steroid dienone is 1. The lowest BCUT2D eigenvalue weighted by atomic mass is 9.99. The van der Waals surface area contributed by atoms with E-state index in [0.717, 1.165) is 25.1 Å². The average Bonchev–Trinajstić information content (AvgIpc) is 2.51. The molecule has 0 heterocycles. The summed E-state index contributed by atoms with van der Waals surface area (Å²) in [5, 5.41) is 0. The Kier molecular flexibility index (Phi) is 7.01. The van der Waals surface area contributed by atoms with Crippen molar-refractivity contribution in [3.63, 3.8) is 0 Å². The van der Waals surface area contributed by atoms with Gasteiger partial charge in [0, 0.05) is 24.9 Å². The molecule has 1 aromatic rings. The van der Waals surface area contributed by atoms with E-state index in [1.807, 2.05) is 12.2 Å². The molecule has 1 aromatic carbocycles. The first-order valence-corrected chi connectivity index (χ1v) is 7.80. The second-order valence-electron chi connectivity index (χ2n) is 5.78. The van der Waals surface area contributed by atoms with Crippen molar-refractivity contribution in [1.29, 1.82) is 0 Å². The standard InChI is InChI=1S/C20H29N/c1-7-10-11-16(4)15-21(6)17(5)20-13-12-18(8-2)14-19(20)9-3/h7,9,12-14,16H,1,3,5,8,10-11,15H2,2,4,6H3. The van der Waals surface area contributed by atoms with Crippen LogP contribution in [0.2, 0.25) is 0 Å². The molecule has 21 heavy (non-hydrogen) atoms. The highest BCUT2D eigenvalue weighted by Gasteiger charge is 2.12. The number of benzene rings is 1. The molecule has 0 fully saturated rings. The first-order chi connectivity index (χ1) is 10.0. The highest BCUT2D eigenvalue weighted by Crippen LogP contribution is 2.24. The summed E-state index contributed by atoms with van der Waals surface area (Å²) in [6, 6.07) is 6.56. The first-order valence-electron chi connectivity index (χ1n) is 7.80. The van der Waals surface area contributed by atoms with Crippen LogP contribution in [-0.2, 0) is 6.42 Å². The predicted octanol–water partition coefficient (Wildman–Crippen LogP) is 5.40. The molecule has 0 saturated heterocycles. The predicted molar refractivity (Wildman–Crippen MR) is 96.2 cm³/mol. The quantitative estimate of drug-likeness (QED) is 0.549. The molecule has 0 aliphatic carbocycles. The van der Waals surface area contributed by atoms with Crippen LogP contribution in [0.25, 0.3) is 11.8 Å². The van der Waals surface area contributed by atoms with E-state index in [-0.39, 0.29) is 0 Å². The van der Waals surface area contributed by atoms with Crippen molar-refractivity contribution in [3.05, 3.63) is 60.7 Å². The fourth-order valence-electron chi connectivity index (χ4n) is 2.54. The molecular weight excluding hydrogens is 254 g/mol. The highest BCUT2D eigenvalue weighted by molar-refractivity contribution is 5.72. The summed E-state index contributed by atoms with van der Waals surface area (Å²) < 4.78 is 0. The van der Waals surface area contributed by atoms with Crippen LogP contribution in [0.3, 0.4) is 0 Å². The van der Waals surface area contributed by atoms with Gasteiger partial charge >= 0.3 is 0 Å². The van der Waals surface area contributed by atoms with Crippen molar-refractivity contribution in [2.75, 3.05) is 13.6 Å². The SMILES string of the molecule is C=CCCC(C)CN(C)C(=C)c1ccc(CC)cc1C=C. The third kappa shape index (κ3) is 4.93. The second kappa shape index (κ2) is 8.51. The minimum atomic E-state index is 0.631. The number of nitrogens with zero attached hydrogens (tertiary/aromatic N) is 1. The van der Waals surface area contributed by atoms with E-state index >= 15 is 0 Å². The van der Waals surface area contributed by atoms with E-state index in [1.165, 1.54) is 23.1 Å². The molecule has 0 aromatic heterocycles. The van der Waals surface area contributed by atoms with Crippen molar-refractivity contribution in [3.8, 4) is 0 Å². The van der Waals surface area contributed by atoms with E-state index in [4.69, 9.17) is 0 Å². The Morgan fingerprint density at radius 1 is 1.33 bits per heavy atom. The Bertz CT molecular complexity index is 499. The van der Waals surface area contributed by atoms with Crippen LogP contribution in [0.1, 0.15) is 43.4 Å². The molecule has 0 aliphatic rings. The van der Waals surface area contributed by atoms with E-state index in [2.05, 4.69) is 63.7 Å². The van der Waals surface area contributed by atoms with Crippen molar-refractivity contribution in [2.24, 2.45) is 5.92 Å². The van der Waals surface area contributed by atoms with Gasteiger partial charge < -0.3 is 4.90 Å². The lowest BCUT2D eigenvalue weighted by molar-refractivity contribution is 0.374. The van der Waals surface area contributed by atoms with Crippen LogP contribution >= 0.6 is 0 Å². The fourth-order valence-corrected chi connectivity index (χ4v) is 2.54. The maximum atomic E-state index is 4.28. The lowest BCUT2D eigenvalue weighted by Gasteiger charge is -2.26. The number of hydrogen-bond acceptors (Lipinski definition) is 1. The Morgan fingerprint density at radius 3 is 2.62 bits per heavy atom. The summed E-state index contributed by atoms with van der Waals surface area (Å²) in [4.78, 5) is 2.25. The zero-order valence-corrected chi connectivity index (χ0v) is 13.9. The van der Waals surface area contributed by atoms with Gasteiger partial charge in [-0.25, -0.2) is 0 Å². The minimum Gasteiger partial charge on any atom is -0.374 e. The van der Waals surface area contributed by atoms with Gasteiger partial charge in [-0.1, -0.05) is 57.4 Å². The van der Waals surface area contributed by atoms with Gasteiger partial charge in [-0.2, -0.15) is 0 Å². The van der Waals surface area contributed by atoms with Crippen molar-refractivity contribution in [2.45, 2.75) is 33.1 Å². The molecule has 0 spiro atoms. The largest absolute Gasteiger partial charge is 0.374 e. The van der Waals surface area contributed by atoms with Crippen LogP contribution in [0.4, 0.5) is 0 Å². The Labute approximate surface area is 130 Å². The second-order valence-corrected chi connectivity index (χ2v) is 5.78. The first kappa shape index (κ1) is 17.3. The van der Waals surface area contributed by atoms with Crippen molar-refractivity contribution >= 4 is 11.8 Å². The molecule has 1 rings (SSSR count). The van der Waals surface area contributed by atoms with Crippen LogP contribution in [0.5, 0.6) is 0 Å². The van der Waals surface area contributed by atoms with Crippen molar-refractivity contribution in [1.82, 2.24) is 4.90 Å². The van der Waals surface area contributed by atoms with Crippen LogP contribution in [-0.4, -0.2) is 18.5 Å². The van der Waals surface area contributed by atoms with Gasteiger partial charge in [-0.3, -0.25) is 0 Å². The molecule has 1 heteroatoms. The van der Waals surface area contributed by atoms with Crippen molar-refractivity contribution < 1.29 is 0 Å². The molecule has 0 saturated carbocycles. The van der Waals surface area contributed by atoms with E-state index in [9.17, 15) is 0 Å². The number of aryl methyl sites for hydroxylation is 1. The topological polar surface area (TPSA) is 3.24 Å². The van der Waals surface area contributed by atoms with Gasteiger partial charge in [0.15, 0.2) is 0 Å². The highest BCUT2D eigenvalue weighted by atomic mass is 15.1. The summed E-state index contributed by atoms with van der Waals surface area (Å²) >= 11 is 0. The monoisotopic (exact) mass is 283 g/mol. The summed E-state index contributed by atoms with van der Waals surface area (Å²) in [5.74, 6) is 0.631. The van der Waals surface area contributed by atoms with Gasteiger partial charge in [-0.15, -0.1) is 6.58 Å². The smallest absolute Gasteiger partial charge is 0.0370 e. The zero-order chi connectivity index (χ0) is 15.8. The third-order valence-electron chi connectivity index (χ3n) is 3.96. The van der Waals surface area contributed by atoms with E-state index < -0.39 is 0 Å². The minimum absolute atomic E-state index is 0.631. The molecule has 1 unspecified atom stereocenters. The maximum absolute atomic E-state index is 4.28. The summed E-state index contributed by atoms with van der Waals surface area (Å²) in [6.45, 7) is 17.5. The molecule has 0 radical (unpaired) electrons. The van der Waals surface area contributed by atoms with Gasteiger partial charge in [0.05, 0.1) is 0 Å². The Morgan fingerprint density at radius 2 is 2.05 bits per heavy atom. The van der Waals surface area contributed by atoms with E-state index in [0.29, 0.717) is 5.92 Å². The van der Waals surface area contributed by atoms with Gasteiger partial charge in [0.25, 0.3) is 0 Å². The zero-order valence-electron chi connectivity index (χ0n) is 13.9. The Balaban J connectivity index is 2.82. The Hall–Kier alpha value is -1.76. The van der Waals surface area contributed by atoms with Crippen LogP contribution in [0.15, 0.2) is 44.0 Å². The summed E-state index contributed by atoms with van der Waals surface area (Å²) in [6.07, 6.45) is 7.20. The maximum Gasteiger partial charge on any atom is 0.0370 e. The normalized spacial score (nSPS) is 11.8. The molecular formula is C20H29N. The van der Waals surface area contributed by atoms with Gasteiger partial charge in [0.1, 0.15) is 0 Å². The lowest BCUT2D eigenvalue weighted by Crippen LogP contribution is -2.23. The van der Waals surface area contributed by atoms with Gasteiger partial charge in [0.2, 0.25) is 0 Å². The van der Waals surface area contributed by atoms with Gasteiger partial charge in [-0.05, 0) is 36.3 Å². The molecule has 0 N–H and O–H groups in total. The molecule has 114 valence electrons. The average molecular weight is 283 g/mol. The summed E-state index contributed by atoms with van der Waals surface area (Å²) in [7, 11) is 2.12. The molecule has 1 nitrogen and oxygen atoms in total. The fraction of sp³-hybridized carbons (Fsp3) is 0.400. The molecule has 1 atom stereocenters. The van der Waals surface area contributed by atoms with E-state index in [1.54, 1.807) is 0 Å². The third-order valence-corrected chi connectivity index (χ3v) is 3.96. The summed E-state index contributed by atoms with van der Waals surface area (Å²) in [5.41, 5.74) is 4.76. The van der Waals surface area contributed by atoms with Crippen LogP contribution < -0.4 is 0 Å². The molecule has 0 amide bonds. The number of rotatable bonds is 9. The molecule has 0 bridgehead atoms. The molecule has 0 aliphatic heterocycles. The number of hydrogen-bond donors (Lipinski definition) is 0.